The van der Waals surface area contributed by atoms with Gasteiger partial charge in [0.1, 0.15) is 21.8 Å². The zero-order valence-corrected chi connectivity index (χ0v) is 18.8. The molecule has 1 aliphatic rings. The third-order valence-corrected chi connectivity index (χ3v) is 6.66. The van der Waals surface area contributed by atoms with Gasteiger partial charge in [-0.1, -0.05) is 18.2 Å². The normalized spacial score (nSPS) is 18.3. The van der Waals surface area contributed by atoms with Gasteiger partial charge in [-0.05, 0) is 37.4 Å². The summed E-state index contributed by atoms with van der Waals surface area (Å²) in [7, 11) is 1.59. The number of ether oxygens (including phenoxy) is 2. The summed E-state index contributed by atoms with van der Waals surface area (Å²) in [6.45, 7) is 5.74. The zero-order valence-electron chi connectivity index (χ0n) is 18.0. The minimum Gasteiger partial charge on any atom is -0.494 e. The fourth-order valence-electron chi connectivity index (χ4n) is 4.06. The number of nitrogens with zero attached hydrogens (tertiary/aromatic N) is 2. The number of hydrogen-bond donors (Lipinski definition) is 1. The number of nitrogens with one attached hydrogen (secondary N) is 1. The maximum absolute atomic E-state index is 13.7. The van der Waals surface area contributed by atoms with Gasteiger partial charge in [-0.15, -0.1) is 11.3 Å². The zero-order chi connectivity index (χ0) is 22.0. The van der Waals surface area contributed by atoms with Gasteiger partial charge in [0.25, 0.3) is 5.91 Å². The Morgan fingerprint density at radius 2 is 2.10 bits per heavy atom. The summed E-state index contributed by atoms with van der Waals surface area (Å²) in [5.41, 5.74) is 0.418. The largest absolute Gasteiger partial charge is 0.494 e. The number of rotatable bonds is 8. The average Bonchev–Trinajstić information content (AvgIpc) is 3.35. The lowest BCUT2D eigenvalue weighted by Crippen LogP contribution is -2.63. The van der Waals surface area contributed by atoms with E-state index in [0.717, 1.165) is 21.5 Å². The predicted octanol–water partition coefficient (Wildman–Crippen LogP) is 3.28. The standard InChI is InChI=1S/C23H27N3O4S/c1-4-30-19-8-6-5-7-17(19)14-26-20(27)18-13-16-9-12-31-21(16)25(18)15-23(26,2)22(28)24-10-11-29-3/h5-9,12-13H,4,10-11,14-15H2,1-3H3,(H,24,28). The summed E-state index contributed by atoms with van der Waals surface area (Å²) in [6, 6.07) is 11.6. The first-order valence-electron chi connectivity index (χ1n) is 10.4. The molecule has 0 bridgehead atoms. The summed E-state index contributed by atoms with van der Waals surface area (Å²) >= 11 is 1.58. The van der Waals surface area contributed by atoms with Crippen LogP contribution in [-0.4, -0.2) is 53.7 Å². The number of benzene rings is 1. The molecule has 1 N–H and O–H groups in total. The van der Waals surface area contributed by atoms with E-state index in [1.807, 2.05) is 60.2 Å². The fourth-order valence-corrected chi connectivity index (χ4v) is 4.96. The third kappa shape index (κ3) is 3.81. The number of hydrogen-bond acceptors (Lipinski definition) is 5. The second kappa shape index (κ2) is 8.72. The number of amides is 2. The quantitative estimate of drug-likeness (QED) is 0.545. The van der Waals surface area contributed by atoms with Gasteiger partial charge in [0.05, 0.1) is 26.3 Å². The van der Waals surface area contributed by atoms with Gasteiger partial charge in [-0.2, -0.15) is 0 Å². The minimum atomic E-state index is -1.06. The van der Waals surface area contributed by atoms with Crippen LogP contribution in [0.2, 0.25) is 0 Å². The second-order valence-corrected chi connectivity index (χ2v) is 8.65. The van der Waals surface area contributed by atoms with Crippen molar-refractivity contribution in [2.24, 2.45) is 0 Å². The molecule has 3 heterocycles. The highest BCUT2D eigenvalue weighted by molar-refractivity contribution is 7.16. The third-order valence-electron chi connectivity index (χ3n) is 5.71. The number of carbonyl (C=O) groups is 2. The highest BCUT2D eigenvalue weighted by Gasteiger charge is 2.47. The Labute approximate surface area is 185 Å². The van der Waals surface area contributed by atoms with Crippen molar-refractivity contribution in [3.63, 3.8) is 0 Å². The molecule has 1 unspecified atom stereocenters. The molecule has 0 fully saturated rings. The molecular formula is C23H27N3O4S. The molecule has 164 valence electrons. The summed E-state index contributed by atoms with van der Waals surface area (Å²) in [6.07, 6.45) is 0. The van der Waals surface area contributed by atoms with E-state index in [9.17, 15) is 9.59 Å². The van der Waals surface area contributed by atoms with E-state index < -0.39 is 5.54 Å². The number of thiophene rings is 1. The van der Waals surface area contributed by atoms with Gasteiger partial charge in [0.15, 0.2) is 0 Å². The van der Waals surface area contributed by atoms with Gasteiger partial charge in [0.2, 0.25) is 5.91 Å². The van der Waals surface area contributed by atoms with Crippen LogP contribution < -0.4 is 10.1 Å². The maximum atomic E-state index is 13.7. The van der Waals surface area contributed by atoms with Crippen LogP contribution in [0.1, 0.15) is 29.9 Å². The van der Waals surface area contributed by atoms with Crippen molar-refractivity contribution in [2.75, 3.05) is 26.9 Å². The van der Waals surface area contributed by atoms with E-state index in [1.165, 1.54) is 0 Å². The van der Waals surface area contributed by atoms with Gasteiger partial charge < -0.3 is 24.3 Å². The monoisotopic (exact) mass is 441 g/mol. The van der Waals surface area contributed by atoms with Gasteiger partial charge in [-0.25, -0.2) is 0 Å². The number of carbonyl (C=O) groups excluding carboxylic acids is 2. The molecule has 0 radical (unpaired) electrons. The smallest absolute Gasteiger partial charge is 0.271 e. The van der Waals surface area contributed by atoms with Crippen molar-refractivity contribution in [1.29, 1.82) is 0 Å². The van der Waals surface area contributed by atoms with Crippen LogP contribution in [0.5, 0.6) is 5.75 Å². The van der Waals surface area contributed by atoms with Crippen molar-refractivity contribution in [3.8, 4) is 5.75 Å². The van der Waals surface area contributed by atoms with Crippen molar-refractivity contribution in [2.45, 2.75) is 32.5 Å². The lowest BCUT2D eigenvalue weighted by Gasteiger charge is -2.44. The maximum Gasteiger partial charge on any atom is 0.271 e. The summed E-state index contributed by atoms with van der Waals surface area (Å²) in [5, 5.41) is 5.96. The molecule has 4 rings (SSSR count). The van der Waals surface area contributed by atoms with E-state index >= 15 is 0 Å². The summed E-state index contributed by atoms with van der Waals surface area (Å²) in [5.74, 6) is 0.364. The van der Waals surface area contributed by atoms with Crippen LogP contribution in [0.4, 0.5) is 0 Å². The van der Waals surface area contributed by atoms with Crippen molar-refractivity contribution >= 4 is 33.4 Å². The average molecular weight is 442 g/mol. The van der Waals surface area contributed by atoms with Crippen LogP contribution in [0, 0.1) is 0 Å². The molecule has 2 amide bonds. The lowest BCUT2D eigenvalue weighted by molar-refractivity contribution is -0.133. The van der Waals surface area contributed by atoms with E-state index in [2.05, 4.69) is 5.32 Å². The van der Waals surface area contributed by atoms with Crippen molar-refractivity contribution in [1.82, 2.24) is 14.8 Å². The van der Waals surface area contributed by atoms with Crippen molar-refractivity contribution < 1.29 is 19.1 Å². The molecule has 3 aromatic rings. The SMILES string of the molecule is CCOc1ccccc1CN1C(=O)c2cc3ccsc3n2CC1(C)C(=O)NCCOC. The molecule has 0 saturated heterocycles. The second-order valence-electron chi connectivity index (χ2n) is 7.75. The number of fused-ring (bicyclic) bond motifs is 3. The molecule has 7 nitrogen and oxygen atoms in total. The van der Waals surface area contributed by atoms with E-state index in [4.69, 9.17) is 9.47 Å². The summed E-state index contributed by atoms with van der Waals surface area (Å²) < 4.78 is 12.8. The molecular weight excluding hydrogens is 414 g/mol. The van der Waals surface area contributed by atoms with Gasteiger partial charge in [-0.3, -0.25) is 9.59 Å². The van der Waals surface area contributed by atoms with E-state index in [-0.39, 0.29) is 18.4 Å². The first-order valence-corrected chi connectivity index (χ1v) is 11.2. The van der Waals surface area contributed by atoms with Crippen LogP contribution in [0.15, 0.2) is 41.8 Å². The van der Waals surface area contributed by atoms with E-state index in [0.29, 0.717) is 32.0 Å². The van der Waals surface area contributed by atoms with Crippen LogP contribution >= 0.6 is 11.3 Å². The molecule has 0 aliphatic carbocycles. The number of para-hydroxylation sites is 1. The first kappa shape index (κ1) is 21.4. The Morgan fingerprint density at radius 3 is 2.87 bits per heavy atom. The Bertz CT molecular complexity index is 1110. The van der Waals surface area contributed by atoms with Crippen LogP contribution in [0.3, 0.4) is 0 Å². The number of aromatic nitrogens is 1. The van der Waals surface area contributed by atoms with Gasteiger partial charge >= 0.3 is 0 Å². The molecule has 0 saturated carbocycles. The molecule has 2 aromatic heterocycles. The predicted molar refractivity (Wildman–Crippen MR) is 121 cm³/mol. The molecule has 8 heteroatoms. The van der Waals surface area contributed by atoms with Crippen molar-refractivity contribution in [3.05, 3.63) is 53.0 Å². The first-order chi connectivity index (χ1) is 15.0. The van der Waals surface area contributed by atoms with E-state index in [1.54, 1.807) is 23.3 Å². The molecule has 31 heavy (non-hydrogen) atoms. The molecule has 1 aromatic carbocycles. The Balaban J connectivity index is 1.75. The van der Waals surface area contributed by atoms with Crippen LogP contribution in [-0.2, 0) is 22.6 Å². The van der Waals surface area contributed by atoms with Gasteiger partial charge in [0, 0.05) is 24.6 Å². The minimum absolute atomic E-state index is 0.162. The topological polar surface area (TPSA) is 72.8 Å². The Morgan fingerprint density at radius 1 is 1.29 bits per heavy atom. The molecule has 1 atom stereocenters. The Kier molecular flexibility index (Phi) is 6.02. The highest BCUT2D eigenvalue weighted by Crippen LogP contribution is 2.36. The fraction of sp³-hybridized carbons (Fsp3) is 0.391. The number of methoxy groups -OCH3 is 1. The van der Waals surface area contributed by atoms with Crippen LogP contribution in [0.25, 0.3) is 10.2 Å². The Hall–Kier alpha value is -2.84. The highest BCUT2D eigenvalue weighted by atomic mass is 32.1. The summed E-state index contributed by atoms with van der Waals surface area (Å²) in [4.78, 5) is 29.7. The molecule has 0 spiro atoms. The lowest BCUT2D eigenvalue weighted by atomic mass is 9.93. The molecule has 1 aliphatic heterocycles.